The third-order valence-corrected chi connectivity index (χ3v) is 6.49. The summed E-state index contributed by atoms with van der Waals surface area (Å²) in [5.41, 5.74) is 1.93. The number of pyridine rings is 1. The summed E-state index contributed by atoms with van der Waals surface area (Å²) < 4.78 is 5.10. The van der Waals surface area contributed by atoms with Crippen molar-refractivity contribution in [1.29, 1.82) is 0 Å². The van der Waals surface area contributed by atoms with E-state index in [1.165, 1.54) is 13.1 Å². The Bertz CT molecular complexity index is 1350. The zero-order valence-electron chi connectivity index (χ0n) is 20.3. The van der Waals surface area contributed by atoms with Gasteiger partial charge in [-0.05, 0) is 30.0 Å². The van der Waals surface area contributed by atoms with Crippen molar-refractivity contribution in [3.63, 3.8) is 0 Å². The van der Waals surface area contributed by atoms with Crippen molar-refractivity contribution in [1.82, 2.24) is 15.3 Å². The van der Waals surface area contributed by atoms with Gasteiger partial charge in [-0.2, -0.15) is 0 Å². The van der Waals surface area contributed by atoms with Crippen LogP contribution in [0.15, 0.2) is 53.6 Å². The second kappa shape index (κ2) is 11.3. The lowest BCUT2D eigenvalue weighted by atomic mass is 9.88. The van der Waals surface area contributed by atoms with Gasteiger partial charge in [0.2, 0.25) is 5.88 Å². The standard InChI is InChI=1S/C26H26N4O6.ClH/c1-15(25(34)35)12-29-24(33)22-28-14-19(23(32)30-22)20(31)11-26(9-10-26)18-6-3-16(4-7-18)17-5-8-21(36-2)27-13-17;/h3-8,13-15H,9-12H2,1-2H3,(H,29,33)(H,34,35)(H,28,30,32);1H. The van der Waals surface area contributed by atoms with E-state index in [2.05, 4.69) is 20.3 Å². The van der Waals surface area contributed by atoms with Gasteiger partial charge in [-0.15, -0.1) is 0 Å². The van der Waals surface area contributed by atoms with Gasteiger partial charge in [0, 0.05) is 36.2 Å². The first-order chi connectivity index (χ1) is 17.2. The number of H-pyrrole nitrogens is 2. The van der Waals surface area contributed by atoms with Crippen LogP contribution in [0.3, 0.4) is 0 Å². The normalized spacial score (nSPS) is 14.1. The molecule has 1 amide bonds. The monoisotopic (exact) mass is 526 g/mol. The molecular weight excluding hydrogens is 500 g/mol. The van der Waals surface area contributed by atoms with Gasteiger partial charge in [-0.1, -0.05) is 31.2 Å². The lowest BCUT2D eigenvalue weighted by Gasteiger charge is -2.15. The van der Waals surface area contributed by atoms with Crippen molar-refractivity contribution in [2.75, 3.05) is 13.7 Å². The van der Waals surface area contributed by atoms with Crippen LogP contribution in [0.5, 0.6) is 5.88 Å². The van der Waals surface area contributed by atoms with Crippen molar-refractivity contribution >= 4 is 17.7 Å². The largest absolute Gasteiger partial charge is 1.00 e. The summed E-state index contributed by atoms with van der Waals surface area (Å²) in [6.45, 7) is 1.36. The van der Waals surface area contributed by atoms with Crippen molar-refractivity contribution in [3.8, 4) is 17.0 Å². The van der Waals surface area contributed by atoms with Crippen LogP contribution < -0.4 is 33.0 Å². The van der Waals surface area contributed by atoms with E-state index < -0.39 is 23.4 Å². The molecule has 2 heterocycles. The number of benzene rings is 1. The summed E-state index contributed by atoms with van der Waals surface area (Å²) in [6.07, 6.45) is 4.82. The first-order valence-electron chi connectivity index (χ1n) is 11.5. The van der Waals surface area contributed by atoms with E-state index in [4.69, 9.17) is 9.84 Å². The summed E-state index contributed by atoms with van der Waals surface area (Å²) in [5, 5.41) is 11.3. The predicted octanol–water partition coefficient (Wildman–Crippen LogP) is -0.981. The molecule has 194 valence electrons. The number of amides is 1. The van der Waals surface area contributed by atoms with Crippen LogP contribution >= 0.6 is 0 Å². The fourth-order valence-electron chi connectivity index (χ4n) is 3.99. The first-order valence-corrected chi connectivity index (χ1v) is 11.5. The summed E-state index contributed by atoms with van der Waals surface area (Å²) in [7, 11) is 1.57. The third-order valence-electron chi connectivity index (χ3n) is 6.49. The number of carbonyl (C=O) groups excluding carboxylic acids is 2. The molecule has 0 radical (unpaired) electrons. The third kappa shape index (κ3) is 6.21. The smallest absolute Gasteiger partial charge is 0.346 e. The Balaban J connectivity index is 0.00000380. The minimum absolute atomic E-state index is 0. The number of methoxy groups -OCH3 is 1. The number of halogens is 1. The number of nitrogens with one attached hydrogen (secondary N) is 3. The number of hydrogen-bond donors (Lipinski definition) is 3. The number of aromatic nitrogens is 3. The van der Waals surface area contributed by atoms with E-state index in [9.17, 15) is 19.2 Å². The number of aliphatic carboxylic acids is 1. The number of hydrogen-bond acceptors (Lipinski definition) is 6. The van der Waals surface area contributed by atoms with Crippen molar-refractivity contribution in [2.24, 2.45) is 5.92 Å². The summed E-state index contributed by atoms with van der Waals surface area (Å²) in [5.74, 6) is -2.42. The number of carboxylic acid groups (broad SMARTS) is 1. The zero-order chi connectivity index (χ0) is 25.9. The van der Waals surface area contributed by atoms with Crippen LogP contribution in [0.2, 0.25) is 0 Å². The molecule has 37 heavy (non-hydrogen) atoms. The molecule has 1 aliphatic rings. The molecule has 0 bridgehead atoms. The van der Waals surface area contributed by atoms with E-state index in [0.717, 1.165) is 29.5 Å². The van der Waals surface area contributed by atoms with Gasteiger partial charge in [-0.3, -0.25) is 14.4 Å². The van der Waals surface area contributed by atoms with Gasteiger partial charge < -0.3 is 27.6 Å². The van der Waals surface area contributed by atoms with Gasteiger partial charge in [0.15, 0.2) is 5.78 Å². The van der Waals surface area contributed by atoms with Crippen LogP contribution in [-0.4, -0.2) is 46.4 Å². The van der Waals surface area contributed by atoms with Crippen molar-refractivity contribution in [2.45, 2.75) is 31.6 Å². The zero-order valence-corrected chi connectivity index (χ0v) is 21.1. The minimum atomic E-state index is -1.05. The number of ketones is 1. The highest BCUT2D eigenvalue weighted by atomic mass is 35.5. The lowest BCUT2D eigenvalue weighted by Crippen LogP contribution is -3.00. The van der Waals surface area contributed by atoms with E-state index in [1.807, 2.05) is 30.3 Å². The average molecular weight is 527 g/mol. The average Bonchev–Trinajstić information content (AvgIpc) is 3.67. The van der Waals surface area contributed by atoms with Crippen LogP contribution in [0.25, 0.3) is 11.1 Å². The van der Waals surface area contributed by atoms with Gasteiger partial charge >= 0.3 is 23.3 Å². The number of ether oxygens (including phenoxy) is 1. The maximum absolute atomic E-state index is 13.0. The number of carboxylic acids is 1. The van der Waals surface area contributed by atoms with Crippen molar-refractivity contribution in [3.05, 3.63) is 76.1 Å². The molecule has 10 nitrogen and oxygen atoms in total. The molecule has 11 heteroatoms. The Hall–Kier alpha value is -4.05. The molecule has 0 saturated heterocycles. The maximum Gasteiger partial charge on any atom is 0.346 e. The summed E-state index contributed by atoms with van der Waals surface area (Å²) in [4.78, 5) is 57.9. The predicted molar refractivity (Wildman–Crippen MR) is 129 cm³/mol. The number of carbonyl (C=O) groups is 3. The number of aromatic amines is 2. The van der Waals surface area contributed by atoms with Crippen LogP contribution in [-0.2, 0) is 10.2 Å². The van der Waals surface area contributed by atoms with Crippen LogP contribution in [0.1, 0.15) is 52.7 Å². The quantitative estimate of drug-likeness (QED) is 0.287. The molecule has 0 aliphatic heterocycles. The molecule has 4 N–H and O–H groups in total. The summed E-state index contributed by atoms with van der Waals surface area (Å²) >= 11 is 0. The molecular formula is C26H27ClN4O6. The molecule has 2 aromatic heterocycles. The second-order valence-electron chi connectivity index (χ2n) is 9.03. The molecule has 1 atom stereocenters. The highest BCUT2D eigenvalue weighted by Crippen LogP contribution is 2.51. The molecule has 1 aliphatic carbocycles. The molecule has 1 aromatic carbocycles. The Kier molecular flexibility index (Phi) is 8.44. The Morgan fingerprint density at radius 1 is 1.16 bits per heavy atom. The highest BCUT2D eigenvalue weighted by Gasteiger charge is 2.46. The second-order valence-corrected chi connectivity index (χ2v) is 9.03. The van der Waals surface area contributed by atoms with Gasteiger partial charge in [-0.25, -0.2) is 19.7 Å². The van der Waals surface area contributed by atoms with E-state index in [0.29, 0.717) is 5.88 Å². The van der Waals surface area contributed by atoms with E-state index >= 15 is 0 Å². The van der Waals surface area contributed by atoms with E-state index in [1.54, 1.807) is 19.4 Å². The first kappa shape index (κ1) is 27.5. The van der Waals surface area contributed by atoms with Gasteiger partial charge in [0.1, 0.15) is 11.8 Å². The molecule has 3 aromatic rings. The number of nitrogens with zero attached hydrogens (tertiary/aromatic N) is 1. The highest BCUT2D eigenvalue weighted by molar-refractivity contribution is 5.97. The molecule has 0 spiro atoms. The Morgan fingerprint density at radius 2 is 1.84 bits per heavy atom. The topological polar surface area (TPSA) is 153 Å². The van der Waals surface area contributed by atoms with E-state index in [-0.39, 0.29) is 48.0 Å². The minimum Gasteiger partial charge on any atom is -1.00 e. The molecule has 4 rings (SSSR count). The number of rotatable bonds is 10. The molecule has 1 saturated carbocycles. The Morgan fingerprint density at radius 3 is 2.38 bits per heavy atom. The summed E-state index contributed by atoms with van der Waals surface area (Å²) in [6, 6.07) is 11.7. The SMILES string of the molecule is COc1ccc(-c2ccc(C3(CC(=O)c4c[nH+]c(C(=O)NCC(C)C(=O)O)[nH]c4=O)CC3)cc2)cn1.[Cl-]. The fraction of sp³-hybridized carbons (Fsp3) is 0.308. The van der Waals surface area contributed by atoms with Crippen LogP contribution in [0, 0.1) is 5.92 Å². The fourth-order valence-corrected chi connectivity index (χ4v) is 3.99. The molecule has 1 unspecified atom stereocenters. The Labute approximate surface area is 218 Å². The maximum atomic E-state index is 13.0. The van der Waals surface area contributed by atoms with Gasteiger partial charge in [0.25, 0.3) is 0 Å². The lowest BCUT2D eigenvalue weighted by molar-refractivity contribution is -0.387. The number of Topliss-reactive ketones (excluding diaryl/α,β-unsaturated/α-hetero) is 1. The van der Waals surface area contributed by atoms with Crippen LogP contribution in [0.4, 0.5) is 0 Å². The van der Waals surface area contributed by atoms with Crippen molar-refractivity contribution < 1.29 is 41.6 Å². The van der Waals surface area contributed by atoms with Gasteiger partial charge in [0.05, 0.1) is 13.0 Å². The molecule has 1 fully saturated rings.